The van der Waals surface area contributed by atoms with Crippen LogP contribution in [0.5, 0.6) is 0 Å². The van der Waals surface area contributed by atoms with Gasteiger partial charge in [0.1, 0.15) is 0 Å². The Morgan fingerprint density at radius 1 is 1.33 bits per heavy atom. The van der Waals surface area contributed by atoms with Crippen molar-refractivity contribution in [3.63, 3.8) is 0 Å². The van der Waals surface area contributed by atoms with Crippen molar-refractivity contribution in [2.45, 2.75) is 52.2 Å². The maximum absolute atomic E-state index is 4.05. The number of hydrogen-bond donors (Lipinski definition) is 1. The summed E-state index contributed by atoms with van der Waals surface area (Å²) in [7, 11) is 2.17. The molecule has 0 amide bonds. The fraction of sp³-hybridized carbons (Fsp3) is 0.667. The molecule has 0 saturated heterocycles. The molecule has 102 valence electrons. The minimum absolute atomic E-state index is 0.228. The van der Waals surface area contributed by atoms with Gasteiger partial charge in [0.25, 0.3) is 0 Å². The van der Waals surface area contributed by atoms with E-state index < -0.39 is 0 Å². The molecule has 0 aliphatic carbocycles. The fourth-order valence-electron chi connectivity index (χ4n) is 1.64. The fourth-order valence-corrected chi connectivity index (χ4v) is 1.64. The van der Waals surface area contributed by atoms with Crippen molar-refractivity contribution in [3.05, 3.63) is 30.1 Å². The molecular weight excluding hydrogens is 222 g/mol. The lowest BCUT2D eigenvalue weighted by molar-refractivity contribution is 0.223. The van der Waals surface area contributed by atoms with Gasteiger partial charge in [-0.3, -0.25) is 9.88 Å². The molecule has 1 atom stereocenters. The first-order chi connectivity index (χ1) is 8.44. The van der Waals surface area contributed by atoms with E-state index in [0.717, 1.165) is 19.5 Å². The van der Waals surface area contributed by atoms with Crippen molar-refractivity contribution in [2.75, 3.05) is 13.6 Å². The molecule has 1 aromatic rings. The van der Waals surface area contributed by atoms with Crippen LogP contribution in [0.2, 0.25) is 0 Å². The minimum atomic E-state index is 0.228. The molecule has 0 aromatic carbocycles. The van der Waals surface area contributed by atoms with Gasteiger partial charge in [-0.1, -0.05) is 6.92 Å². The van der Waals surface area contributed by atoms with Crippen LogP contribution in [0.1, 0.15) is 39.7 Å². The number of aromatic nitrogens is 1. The molecule has 0 bridgehead atoms. The third-order valence-electron chi connectivity index (χ3n) is 3.69. The van der Waals surface area contributed by atoms with Crippen molar-refractivity contribution in [3.8, 4) is 0 Å². The van der Waals surface area contributed by atoms with E-state index in [2.05, 4.69) is 62.1 Å². The maximum Gasteiger partial charge on any atom is 0.0271 e. The number of pyridine rings is 1. The van der Waals surface area contributed by atoms with E-state index in [-0.39, 0.29) is 5.54 Å². The van der Waals surface area contributed by atoms with Crippen LogP contribution in [0.25, 0.3) is 0 Å². The Labute approximate surface area is 112 Å². The Morgan fingerprint density at radius 2 is 1.94 bits per heavy atom. The van der Waals surface area contributed by atoms with Gasteiger partial charge in [-0.25, -0.2) is 0 Å². The molecule has 0 fully saturated rings. The van der Waals surface area contributed by atoms with Gasteiger partial charge in [-0.05, 0) is 51.9 Å². The number of hydrogen-bond acceptors (Lipinski definition) is 3. The highest BCUT2D eigenvalue weighted by Gasteiger charge is 2.16. The highest BCUT2D eigenvalue weighted by atomic mass is 15.1. The smallest absolute Gasteiger partial charge is 0.0271 e. The van der Waals surface area contributed by atoms with E-state index in [1.807, 2.05) is 12.4 Å². The summed E-state index contributed by atoms with van der Waals surface area (Å²) < 4.78 is 0. The van der Waals surface area contributed by atoms with Gasteiger partial charge in [-0.15, -0.1) is 0 Å². The van der Waals surface area contributed by atoms with E-state index in [9.17, 15) is 0 Å². The van der Waals surface area contributed by atoms with E-state index in [4.69, 9.17) is 0 Å². The van der Waals surface area contributed by atoms with Crippen molar-refractivity contribution in [2.24, 2.45) is 0 Å². The molecule has 1 unspecified atom stereocenters. The topological polar surface area (TPSA) is 28.2 Å². The molecule has 0 aliphatic rings. The Balaban J connectivity index is 2.40. The summed E-state index contributed by atoms with van der Waals surface area (Å²) >= 11 is 0. The van der Waals surface area contributed by atoms with Gasteiger partial charge in [0.15, 0.2) is 0 Å². The quantitative estimate of drug-likeness (QED) is 0.805. The highest BCUT2D eigenvalue weighted by Crippen LogP contribution is 2.09. The molecule has 0 saturated carbocycles. The van der Waals surface area contributed by atoms with E-state index in [1.54, 1.807) is 0 Å². The van der Waals surface area contributed by atoms with Gasteiger partial charge in [-0.2, -0.15) is 0 Å². The molecule has 1 rings (SSSR count). The molecule has 0 radical (unpaired) electrons. The van der Waals surface area contributed by atoms with E-state index in [1.165, 1.54) is 5.56 Å². The summed E-state index contributed by atoms with van der Waals surface area (Å²) in [5.41, 5.74) is 1.54. The van der Waals surface area contributed by atoms with Gasteiger partial charge in [0.05, 0.1) is 0 Å². The Bertz CT molecular complexity index is 335. The number of nitrogens with zero attached hydrogens (tertiary/aromatic N) is 2. The lowest BCUT2D eigenvalue weighted by atomic mass is 10.0. The predicted octanol–water partition coefficient (Wildman–Crippen LogP) is 2.68. The van der Waals surface area contributed by atoms with Crippen molar-refractivity contribution < 1.29 is 0 Å². The van der Waals surface area contributed by atoms with Crippen LogP contribution < -0.4 is 5.32 Å². The zero-order valence-corrected chi connectivity index (χ0v) is 12.4. The Morgan fingerprint density at radius 3 is 2.50 bits per heavy atom. The second-order valence-electron chi connectivity index (χ2n) is 5.74. The summed E-state index contributed by atoms with van der Waals surface area (Å²) in [6.07, 6.45) is 4.85. The zero-order valence-electron chi connectivity index (χ0n) is 12.4. The SMILES string of the molecule is CCC(C)(C)NCC(C)N(C)Cc1ccncc1. The number of nitrogens with one attached hydrogen (secondary N) is 1. The van der Waals surface area contributed by atoms with E-state index in [0.29, 0.717) is 6.04 Å². The van der Waals surface area contributed by atoms with Crippen LogP contribution in [-0.4, -0.2) is 35.1 Å². The maximum atomic E-state index is 4.05. The monoisotopic (exact) mass is 249 g/mol. The highest BCUT2D eigenvalue weighted by molar-refractivity contribution is 5.09. The molecule has 0 aliphatic heterocycles. The first-order valence-corrected chi connectivity index (χ1v) is 6.79. The number of rotatable bonds is 7. The summed E-state index contributed by atoms with van der Waals surface area (Å²) in [6, 6.07) is 4.67. The van der Waals surface area contributed by atoms with Crippen LogP contribution in [0.4, 0.5) is 0 Å². The average molecular weight is 249 g/mol. The average Bonchev–Trinajstić information content (AvgIpc) is 2.37. The van der Waals surface area contributed by atoms with Gasteiger partial charge < -0.3 is 5.32 Å². The van der Waals surface area contributed by atoms with Crippen molar-refractivity contribution in [1.82, 2.24) is 15.2 Å². The Kier molecular flexibility index (Phi) is 5.76. The molecule has 3 nitrogen and oxygen atoms in total. The third-order valence-corrected chi connectivity index (χ3v) is 3.69. The van der Waals surface area contributed by atoms with Crippen LogP contribution >= 0.6 is 0 Å². The van der Waals surface area contributed by atoms with Crippen molar-refractivity contribution in [1.29, 1.82) is 0 Å². The zero-order chi connectivity index (χ0) is 13.6. The largest absolute Gasteiger partial charge is 0.310 e. The summed E-state index contributed by atoms with van der Waals surface area (Å²) in [5, 5.41) is 3.62. The standard InChI is InChI=1S/C15H27N3/c1-6-15(3,4)17-11-13(2)18(5)12-14-7-9-16-10-8-14/h7-10,13,17H,6,11-12H2,1-5H3. The van der Waals surface area contributed by atoms with Gasteiger partial charge >= 0.3 is 0 Å². The predicted molar refractivity (Wildman–Crippen MR) is 77.5 cm³/mol. The molecule has 18 heavy (non-hydrogen) atoms. The summed E-state index contributed by atoms with van der Waals surface area (Å²) in [5.74, 6) is 0. The molecule has 1 N–H and O–H groups in total. The normalized spacial score (nSPS) is 13.9. The van der Waals surface area contributed by atoms with E-state index >= 15 is 0 Å². The molecule has 0 spiro atoms. The second kappa shape index (κ2) is 6.86. The Hall–Kier alpha value is -0.930. The third kappa shape index (κ3) is 5.15. The molecule has 1 heterocycles. The van der Waals surface area contributed by atoms with Crippen LogP contribution in [-0.2, 0) is 6.54 Å². The van der Waals surface area contributed by atoms with Gasteiger partial charge in [0, 0.05) is 37.1 Å². The number of likely N-dealkylation sites (N-methyl/N-ethyl adjacent to an activating group) is 1. The van der Waals surface area contributed by atoms with Crippen LogP contribution in [0.3, 0.4) is 0 Å². The first-order valence-electron chi connectivity index (χ1n) is 6.79. The lowest BCUT2D eigenvalue weighted by Crippen LogP contribution is -2.46. The second-order valence-corrected chi connectivity index (χ2v) is 5.74. The molecule has 1 aromatic heterocycles. The summed E-state index contributed by atoms with van der Waals surface area (Å²) in [4.78, 5) is 6.42. The summed E-state index contributed by atoms with van der Waals surface area (Å²) in [6.45, 7) is 11.0. The molecular formula is C15H27N3. The van der Waals surface area contributed by atoms with Gasteiger partial charge in [0.2, 0.25) is 0 Å². The lowest BCUT2D eigenvalue weighted by Gasteiger charge is -2.30. The van der Waals surface area contributed by atoms with Crippen LogP contribution in [0, 0.1) is 0 Å². The first kappa shape index (κ1) is 15.1. The molecule has 3 heteroatoms. The van der Waals surface area contributed by atoms with Crippen LogP contribution in [0.15, 0.2) is 24.5 Å². The minimum Gasteiger partial charge on any atom is -0.310 e. The van der Waals surface area contributed by atoms with Crippen molar-refractivity contribution >= 4 is 0 Å².